The van der Waals surface area contributed by atoms with Gasteiger partial charge in [0.25, 0.3) is 5.91 Å². The third kappa shape index (κ3) is 3.55. The van der Waals surface area contributed by atoms with Crippen LogP contribution in [0.25, 0.3) is 10.8 Å². The van der Waals surface area contributed by atoms with Crippen molar-refractivity contribution in [1.29, 1.82) is 0 Å². The average molecular weight is 310 g/mol. The number of hydrogen-bond donors (Lipinski definition) is 1. The molecule has 0 radical (unpaired) electrons. The maximum absolute atomic E-state index is 12.0. The van der Waals surface area contributed by atoms with Gasteiger partial charge in [-0.2, -0.15) is 0 Å². The van der Waals surface area contributed by atoms with E-state index in [2.05, 4.69) is 10.5 Å². The number of aromatic nitrogens is 1. The van der Waals surface area contributed by atoms with Gasteiger partial charge in [0.2, 0.25) is 5.88 Å². The van der Waals surface area contributed by atoms with Gasteiger partial charge in [0.05, 0.1) is 11.3 Å². The Bertz CT molecular complexity index is 870. The van der Waals surface area contributed by atoms with Crippen LogP contribution in [0.15, 0.2) is 53.1 Å². The minimum absolute atomic E-state index is 0.217. The zero-order valence-corrected chi connectivity index (χ0v) is 12.4. The van der Waals surface area contributed by atoms with Gasteiger partial charge in [-0.3, -0.25) is 10.1 Å². The Hall–Kier alpha value is -3.15. The van der Waals surface area contributed by atoms with Crippen LogP contribution in [0.5, 0.6) is 0 Å². The largest absolute Gasteiger partial charge is 0.452 e. The van der Waals surface area contributed by atoms with Crippen molar-refractivity contribution < 1.29 is 18.8 Å². The fourth-order valence-electron chi connectivity index (χ4n) is 2.13. The van der Waals surface area contributed by atoms with Crippen LogP contribution in [0, 0.1) is 6.92 Å². The van der Waals surface area contributed by atoms with Gasteiger partial charge in [-0.05, 0) is 29.8 Å². The Morgan fingerprint density at radius 1 is 1.13 bits per heavy atom. The number of benzene rings is 2. The normalized spacial score (nSPS) is 10.5. The molecule has 1 aromatic heterocycles. The number of esters is 1. The first-order valence-electron chi connectivity index (χ1n) is 7.01. The van der Waals surface area contributed by atoms with Crippen LogP contribution in [0.3, 0.4) is 0 Å². The molecular weight excluding hydrogens is 296 g/mol. The van der Waals surface area contributed by atoms with Gasteiger partial charge in [-0.15, -0.1) is 0 Å². The fraction of sp³-hybridized carbons (Fsp3) is 0.118. The lowest BCUT2D eigenvalue weighted by Gasteiger charge is -2.05. The summed E-state index contributed by atoms with van der Waals surface area (Å²) in [6.45, 7) is 1.34. The molecule has 0 aliphatic carbocycles. The molecule has 116 valence electrons. The second kappa shape index (κ2) is 6.31. The molecule has 0 saturated heterocycles. The zero-order chi connectivity index (χ0) is 16.2. The van der Waals surface area contributed by atoms with E-state index in [0.29, 0.717) is 11.3 Å². The molecule has 0 saturated carbocycles. The van der Waals surface area contributed by atoms with Gasteiger partial charge in [0.1, 0.15) is 0 Å². The highest BCUT2D eigenvalue weighted by Gasteiger charge is 2.12. The van der Waals surface area contributed by atoms with Crippen LogP contribution in [-0.4, -0.2) is 23.6 Å². The molecule has 0 spiro atoms. The standard InChI is InChI=1S/C17H14N2O4/c1-11-8-16(23-19-11)18-15(20)10-22-17(21)14-7-6-12-4-2-3-5-13(12)9-14/h2-9H,10H2,1H3,(H,18,20). The maximum Gasteiger partial charge on any atom is 0.338 e. The van der Waals surface area contributed by atoms with Gasteiger partial charge < -0.3 is 9.26 Å². The van der Waals surface area contributed by atoms with E-state index < -0.39 is 18.5 Å². The highest BCUT2D eigenvalue weighted by Crippen LogP contribution is 2.16. The number of nitrogens with one attached hydrogen (secondary N) is 1. The predicted molar refractivity (Wildman–Crippen MR) is 84.1 cm³/mol. The molecule has 0 unspecified atom stereocenters. The number of carbonyl (C=O) groups is 2. The second-order valence-corrected chi connectivity index (χ2v) is 5.02. The van der Waals surface area contributed by atoms with Crippen molar-refractivity contribution in [3.8, 4) is 0 Å². The molecule has 0 aliphatic rings. The summed E-state index contributed by atoms with van der Waals surface area (Å²) in [6, 6.07) is 14.5. The SMILES string of the molecule is Cc1cc(NC(=O)COC(=O)c2ccc3ccccc3c2)on1. The number of rotatable bonds is 4. The lowest BCUT2D eigenvalue weighted by Crippen LogP contribution is -2.20. The molecule has 6 heteroatoms. The highest BCUT2D eigenvalue weighted by molar-refractivity contribution is 5.97. The van der Waals surface area contributed by atoms with E-state index >= 15 is 0 Å². The Labute approximate surface area is 132 Å². The Kier molecular flexibility index (Phi) is 4.05. The van der Waals surface area contributed by atoms with Crippen molar-refractivity contribution in [3.05, 3.63) is 59.8 Å². The third-order valence-corrected chi connectivity index (χ3v) is 3.21. The number of hydrogen-bond acceptors (Lipinski definition) is 5. The van der Waals surface area contributed by atoms with E-state index in [-0.39, 0.29) is 5.88 Å². The second-order valence-electron chi connectivity index (χ2n) is 5.02. The molecule has 0 aliphatic heterocycles. The van der Waals surface area contributed by atoms with E-state index in [9.17, 15) is 9.59 Å². The minimum Gasteiger partial charge on any atom is -0.452 e. The molecular formula is C17H14N2O4. The summed E-state index contributed by atoms with van der Waals surface area (Å²) < 4.78 is 9.86. The number of anilines is 1. The van der Waals surface area contributed by atoms with E-state index in [0.717, 1.165) is 10.8 Å². The number of amides is 1. The quantitative estimate of drug-likeness (QED) is 0.749. The van der Waals surface area contributed by atoms with Gasteiger partial charge in [-0.25, -0.2) is 4.79 Å². The number of ether oxygens (including phenoxy) is 1. The van der Waals surface area contributed by atoms with Crippen LogP contribution in [0.4, 0.5) is 5.88 Å². The Morgan fingerprint density at radius 3 is 2.65 bits per heavy atom. The minimum atomic E-state index is -0.556. The lowest BCUT2D eigenvalue weighted by atomic mass is 10.1. The molecule has 0 bridgehead atoms. The van der Waals surface area contributed by atoms with Crippen molar-refractivity contribution in [1.82, 2.24) is 5.16 Å². The number of nitrogens with zero attached hydrogens (tertiary/aromatic N) is 1. The smallest absolute Gasteiger partial charge is 0.338 e. The average Bonchev–Trinajstić information content (AvgIpc) is 2.97. The number of aryl methyl sites for hydroxylation is 1. The van der Waals surface area contributed by atoms with E-state index in [1.807, 2.05) is 30.3 Å². The molecule has 1 amide bonds. The zero-order valence-electron chi connectivity index (χ0n) is 12.4. The van der Waals surface area contributed by atoms with Crippen LogP contribution in [0.2, 0.25) is 0 Å². The number of carbonyl (C=O) groups excluding carboxylic acids is 2. The van der Waals surface area contributed by atoms with Crippen molar-refractivity contribution in [2.75, 3.05) is 11.9 Å². The summed E-state index contributed by atoms with van der Waals surface area (Å²) in [5.41, 5.74) is 1.04. The van der Waals surface area contributed by atoms with E-state index in [1.54, 1.807) is 25.1 Å². The molecule has 2 aromatic carbocycles. The Morgan fingerprint density at radius 2 is 1.91 bits per heavy atom. The summed E-state index contributed by atoms with van der Waals surface area (Å²) >= 11 is 0. The molecule has 1 N–H and O–H groups in total. The monoisotopic (exact) mass is 310 g/mol. The summed E-state index contributed by atoms with van der Waals surface area (Å²) in [6.07, 6.45) is 0. The van der Waals surface area contributed by atoms with Crippen molar-refractivity contribution in [2.24, 2.45) is 0 Å². The molecule has 1 heterocycles. The van der Waals surface area contributed by atoms with E-state index in [1.165, 1.54) is 0 Å². The first-order chi connectivity index (χ1) is 11.1. The van der Waals surface area contributed by atoms with Crippen LogP contribution >= 0.6 is 0 Å². The highest BCUT2D eigenvalue weighted by atomic mass is 16.5. The van der Waals surface area contributed by atoms with Crippen LogP contribution < -0.4 is 5.32 Å². The van der Waals surface area contributed by atoms with Gasteiger partial charge in [0, 0.05) is 6.07 Å². The molecule has 6 nitrogen and oxygen atoms in total. The predicted octanol–water partition coefficient (Wildman–Crippen LogP) is 2.93. The topological polar surface area (TPSA) is 81.4 Å². The molecule has 23 heavy (non-hydrogen) atoms. The number of fused-ring (bicyclic) bond motifs is 1. The maximum atomic E-state index is 12.0. The first kappa shape index (κ1) is 14.8. The van der Waals surface area contributed by atoms with Gasteiger partial charge in [-0.1, -0.05) is 35.5 Å². The summed E-state index contributed by atoms with van der Waals surface area (Å²) in [5, 5.41) is 8.06. The molecule has 0 atom stereocenters. The fourth-order valence-corrected chi connectivity index (χ4v) is 2.13. The van der Waals surface area contributed by atoms with E-state index in [4.69, 9.17) is 9.26 Å². The Balaban J connectivity index is 1.60. The van der Waals surface area contributed by atoms with Crippen molar-refractivity contribution >= 4 is 28.5 Å². The molecule has 0 fully saturated rings. The van der Waals surface area contributed by atoms with Crippen molar-refractivity contribution in [2.45, 2.75) is 6.92 Å². The summed E-state index contributed by atoms with van der Waals surface area (Å²) in [5.74, 6) is -0.829. The molecule has 3 aromatic rings. The summed E-state index contributed by atoms with van der Waals surface area (Å²) in [4.78, 5) is 23.7. The van der Waals surface area contributed by atoms with Crippen LogP contribution in [-0.2, 0) is 9.53 Å². The molecule has 3 rings (SSSR count). The van der Waals surface area contributed by atoms with Gasteiger partial charge >= 0.3 is 5.97 Å². The first-order valence-corrected chi connectivity index (χ1v) is 7.01. The lowest BCUT2D eigenvalue weighted by molar-refractivity contribution is -0.119. The van der Waals surface area contributed by atoms with Crippen molar-refractivity contribution in [3.63, 3.8) is 0 Å². The van der Waals surface area contributed by atoms with Gasteiger partial charge in [0.15, 0.2) is 6.61 Å². The summed E-state index contributed by atoms with van der Waals surface area (Å²) in [7, 11) is 0. The van der Waals surface area contributed by atoms with Crippen LogP contribution in [0.1, 0.15) is 16.1 Å². The third-order valence-electron chi connectivity index (χ3n) is 3.21.